The molecule has 0 unspecified atom stereocenters. The van der Waals surface area contributed by atoms with Gasteiger partial charge in [-0.3, -0.25) is 0 Å². The molecule has 0 spiro atoms. The number of pyridine rings is 1. The fourth-order valence-corrected chi connectivity index (χ4v) is 3.84. The van der Waals surface area contributed by atoms with Crippen molar-refractivity contribution in [3.05, 3.63) is 36.3 Å². The molecule has 3 heterocycles. The molecule has 0 aliphatic heterocycles. The first kappa shape index (κ1) is 28.3. The largest absolute Gasteiger partial charge is 0.350 e. The average molecular weight is 487 g/mol. The van der Waals surface area contributed by atoms with Crippen LogP contribution >= 0.6 is 0 Å². The number of hydrogen-bond acceptors (Lipinski definition) is 5. The second kappa shape index (κ2) is 13.9. The Kier molecular flexibility index (Phi) is 11.2. The Bertz CT molecular complexity index is 1080. The first-order chi connectivity index (χ1) is 16.8. The van der Waals surface area contributed by atoms with Crippen LogP contribution < -0.4 is 5.32 Å². The van der Waals surface area contributed by atoms with Gasteiger partial charge in [-0.2, -0.15) is 0 Å². The highest BCUT2D eigenvalue weighted by molar-refractivity contribution is 5.83. The third-order valence-corrected chi connectivity index (χ3v) is 5.77. The van der Waals surface area contributed by atoms with Crippen molar-refractivity contribution in [1.29, 1.82) is 0 Å². The first-order valence-corrected chi connectivity index (χ1v) is 12.6. The summed E-state index contributed by atoms with van der Waals surface area (Å²) in [6.45, 7) is 13.8. The number of nitrogens with zero attached hydrogens (tertiary/aromatic N) is 5. The molecule has 0 atom stereocenters. The molecule has 0 radical (unpaired) electrons. The molecule has 0 bridgehead atoms. The minimum atomic E-state index is -2.12. The van der Waals surface area contributed by atoms with Crippen molar-refractivity contribution in [1.82, 2.24) is 19.6 Å². The topological polar surface area (TPSA) is 67.5 Å². The summed E-state index contributed by atoms with van der Waals surface area (Å²) >= 11 is 0. The minimum absolute atomic E-state index is 0.0278. The highest BCUT2D eigenvalue weighted by Crippen LogP contribution is 2.29. The fraction of sp³-hybridized carbons (Fsp3) is 0.556. The summed E-state index contributed by atoms with van der Waals surface area (Å²) in [7, 11) is 0. The van der Waals surface area contributed by atoms with Crippen molar-refractivity contribution in [3.63, 3.8) is 0 Å². The van der Waals surface area contributed by atoms with Gasteiger partial charge < -0.3 is 5.32 Å². The van der Waals surface area contributed by atoms with E-state index >= 15 is 0 Å². The zero-order valence-electron chi connectivity index (χ0n) is 22.1. The highest BCUT2D eigenvalue weighted by Gasteiger charge is 2.19. The van der Waals surface area contributed by atoms with Crippen LogP contribution in [0.3, 0.4) is 0 Å². The van der Waals surface area contributed by atoms with Crippen molar-refractivity contribution in [2.75, 3.05) is 5.32 Å². The van der Waals surface area contributed by atoms with E-state index in [1.807, 2.05) is 57.7 Å². The van der Waals surface area contributed by atoms with Crippen molar-refractivity contribution >= 4 is 23.0 Å². The third kappa shape index (κ3) is 8.37. The van der Waals surface area contributed by atoms with Crippen molar-refractivity contribution in [3.8, 4) is 11.1 Å². The van der Waals surface area contributed by atoms with Crippen LogP contribution in [0.5, 0.6) is 0 Å². The van der Waals surface area contributed by atoms with E-state index in [2.05, 4.69) is 44.4 Å². The lowest BCUT2D eigenvalue weighted by Gasteiger charge is -2.26. The lowest BCUT2D eigenvalue weighted by atomic mass is 9.87. The predicted molar refractivity (Wildman–Crippen MR) is 142 cm³/mol. The van der Waals surface area contributed by atoms with E-state index in [0.29, 0.717) is 12.0 Å². The lowest BCUT2D eigenvalue weighted by Crippen LogP contribution is -2.26. The molecule has 4 rings (SSSR count). The van der Waals surface area contributed by atoms with Crippen molar-refractivity contribution in [2.45, 2.75) is 93.0 Å². The van der Waals surface area contributed by atoms with Gasteiger partial charge in [-0.05, 0) is 70.1 Å². The van der Waals surface area contributed by atoms with E-state index in [0.717, 1.165) is 39.7 Å². The number of alkyl halides is 2. The molecule has 0 amide bonds. The SMILES string of the molecule is CC.CC(C)=Nc1ncc(-c2ccn3nc(NC4CCC(C)CC4)ncc23)cc1C.CCC(F)F. The Balaban J connectivity index is 0.000000551. The van der Waals surface area contributed by atoms with Crippen LogP contribution in [0.15, 0.2) is 35.7 Å². The van der Waals surface area contributed by atoms with Gasteiger partial charge in [0, 0.05) is 41.7 Å². The molecule has 0 aromatic carbocycles. The second-order valence-electron chi connectivity index (χ2n) is 8.97. The molecule has 192 valence electrons. The van der Waals surface area contributed by atoms with Crippen molar-refractivity contribution in [2.24, 2.45) is 10.9 Å². The molecule has 1 aliphatic rings. The highest BCUT2D eigenvalue weighted by atomic mass is 19.3. The number of halogens is 2. The third-order valence-electron chi connectivity index (χ3n) is 5.77. The van der Waals surface area contributed by atoms with Gasteiger partial charge in [0.05, 0.1) is 11.7 Å². The number of aromatic nitrogens is 4. The first-order valence-electron chi connectivity index (χ1n) is 12.6. The normalized spacial score (nSPS) is 17.2. The molecule has 35 heavy (non-hydrogen) atoms. The molecule has 1 N–H and O–H groups in total. The van der Waals surface area contributed by atoms with Crippen LogP contribution in [0, 0.1) is 12.8 Å². The van der Waals surface area contributed by atoms with Crippen LogP contribution in [-0.2, 0) is 0 Å². The lowest BCUT2D eigenvalue weighted by molar-refractivity contribution is 0.144. The Labute approximate surface area is 208 Å². The van der Waals surface area contributed by atoms with E-state index in [4.69, 9.17) is 0 Å². The van der Waals surface area contributed by atoms with Gasteiger partial charge in [-0.15, -0.1) is 5.10 Å². The van der Waals surface area contributed by atoms with E-state index in [-0.39, 0.29) is 6.42 Å². The monoisotopic (exact) mass is 486 g/mol. The van der Waals surface area contributed by atoms with Crippen LogP contribution in [-0.4, -0.2) is 37.8 Å². The molecule has 1 saturated carbocycles. The van der Waals surface area contributed by atoms with Gasteiger partial charge in [0.25, 0.3) is 0 Å². The average Bonchev–Trinajstić information content (AvgIpc) is 3.26. The standard InChI is InChI=1S/C22H28N6.C3H6F2.C2H6/c1-14(2)25-21-16(4)11-17(12-23-21)19-9-10-28-20(19)13-24-22(27-28)26-18-7-5-15(3)6-8-18;1-2-3(4)5;1-2/h9-13,15,18H,5-8H2,1-4H3,(H,26,27);3H,2H2,1H3;1-2H3. The number of aryl methyl sites for hydroxylation is 1. The number of hydrogen-bond donors (Lipinski definition) is 1. The van der Waals surface area contributed by atoms with Gasteiger partial charge in [0.15, 0.2) is 5.82 Å². The minimum Gasteiger partial charge on any atom is -0.350 e. The molecule has 0 saturated heterocycles. The smallest absolute Gasteiger partial charge is 0.241 e. The second-order valence-corrected chi connectivity index (χ2v) is 8.97. The van der Waals surface area contributed by atoms with Crippen LogP contribution in [0.25, 0.3) is 16.6 Å². The van der Waals surface area contributed by atoms with Gasteiger partial charge in [-0.1, -0.05) is 27.7 Å². The van der Waals surface area contributed by atoms with Gasteiger partial charge in [0.1, 0.15) is 0 Å². The summed E-state index contributed by atoms with van der Waals surface area (Å²) in [6, 6.07) is 4.67. The number of rotatable bonds is 5. The van der Waals surface area contributed by atoms with E-state index in [9.17, 15) is 8.78 Å². The zero-order chi connectivity index (χ0) is 26.0. The van der Waals surface area contributed by atoms with E-state index < -0.39 is 6.43 Å². The molecule has 8 heteroatoms. The number of fused-ring (bicyclic) bond motifs is 1. The quantitative estimate of drug-likeness (QED) is 0.372. The van der Waals surface area contributed by atoms with Crippen molar-refractivity contribution < 1.29 is 8.78 Å². The Morgan fingerprint density at radius 1 is 1.14 bits per heavy atom. The number of anilines is 1. The summed E-state index contributed by atoms with van der Waals surface area (Å²) in [6.07, 6.45) is 8.54. The van der Waals surface area contributed by atoms with Crippen LogP contribution in [0.1, 0.15) is 79.2 Å². The number of nitrogens with one attached hydrogen (secondary N) is 1. The Morgan fingerprint density at radius 2 is 1.80 bits per heavy atom. The van der Waals surface area contributed by atoms with Crippen LogP contribution in [0.4, 0.5) is 20.5 Å². The van der Waals surface area contributed by atoms with Gasteiger partial charge in [-0.25, -0.2) is 28.3 Å². The summed E-state index contributed by atoms with van der Waals surface area (Å²) in [5.74, 6) is 2.31. The maximum atomic E-state index is 10.8. The maximum absolute atomic E-state index is 10.8. The summed E-state index contributed by atoms with van der Waals surface area (Å²) in [4.78, 5) is 13.6. The number of aliphatic imine (C=N–C) groups is 1. The Hall–Kier alpha value is -2.90. The molecule has 1 aliphatic carbocycles. The van der Waals surface area contributed by atoms with E-state index in [1.165, 1.54) is 32.6 Å². The van der Waals surface area contributed by atoms with E-state index in [1.54, 1.807) is 0 Å². The van der Waals surface area contributed by atoms with Gasteiger partial charge in [0.2, 0.25) is 12.4 Å². The molecule has 3 aromatic heterocycles. The molecule has 3 aromatic rings. The summed E-state index contributed by atoms with van der Waals surface area (Å²) < 4.78 is 23.4. The molecular formula is C27H40F2N6. The molecule has 6 nitrogen and oxygen atoms in total. The fourth-order valence-electron chi connectivity index (χ4n) is 3.84. The molecule has 1 fully saturated rings. The molecular weight excluding hydrogens is 446 g/mol. The summed E-state index contributed by atoms with van der Waals surface area (Å²) in [5.41, 5.74) is 5.17. The summed E-state index contributed by atoms with van der Waals surface area (Å²) in [5, 5.41) is 8.17. The predicted octanol–water partition coefficient (Wildman–Crippen LogP) is 7.89. The van der Waals surface area contributed by atoms with Crippen LogP contribution in [0.2, 0.25) is 0 Å². The maximum Gasteiger partial charge on any atom is 0.241 e. The zero-order valence-corrected chi connectivity index (χ0v) is 22.1. The Morgan fingerprint density at radius 3 is 2.37 bits per heavy atom. The van der Waals surface area contributed by atoms with Gasteiger partial charge >= 0.3 is 0 Å².